The van der Waals surface area contributed by atoms with E-state index in [1.165, 1.54) is 16.7 Å². The second-order valence-electron chi connectivity index (χ2n) is 6.68. The van der Waals surface area contributed by atoms with E-state index in [2.05, 4.69) is 59.7 Å². The Kier molecular flexibility index (Phi) is 2.86. The Morgan fingerprint density at radius 2 is 1.59 bits per heavy atom. The Labute approximate surface area is 110 Å². The summed E-state index contributed by atoms with van der Waals surface area (Å²) in [7, 11) is 0. The topological polar surface area (TPSA) is 0 Å². The molecular formula is C16H23Cl. The van der Waals surface area contributed by atoms with Crippen LogP contribution in [-0.2, 0) is 0 Å². The molecule has 1 heteroatoms. The fourth-order valence-electron chi connectivity index (χ4n) is 3.22. The minimum absolute atomic E-state index is 0.139. The van der Waals surface area contributed by atoms with Crippen LogP contribution in [0.1, 0.15) is 49.8 Å². The van der Waals surface area contributed by atoms with E-state index in [1.807, 2.05) is 0 Å². The quantitative estimate of drug-likeness (QED) is 0.628. The van der Waals surface area contributed by atoms with Crippen LogP contribution in [0.4, 0.5) is 0 Å². The van der Waals surface area contributed by atoms with E-state index in [0.717, 1.165) is 0 Å². The lowest BCUT2D eigenvalue weighted by Gasteiger charge is -2.15. The van der Waals surface area contributed by atoms with Gasteiger partial charge in [0.15, 0.2) is 0 Å². The first kappa shape index (κ1) is 13.0. The van der Waals surface area contributed by atoms with Crippen LogP contribution >= 0.6 is 11.6 Å². The molecule has 1 saturated carbocycles. The molecule has 0 nitrogen and oxygen atoms in total. The summed E-state index contributed by atoms with van der Waals surface area (Å²) in [5.41, 5.74) is 4.61. The van der Waals surface area contributed by atoms with Gasteiger partial charge >= 0.3 is 0 Å². The summed E-state index contributed by atoms with van der Waals surface area (Å²) >= 11 is 6.75. The monoisotopic (exact) mass is 250 g/mol. The number of benzene rings is 1. The minimum atomic E-state index is 0.139. The molecule has 2 rings (SSSR count). The second kappa shape index (κ2) is 3.75. The fraction of sp³-hybridized carbons (Fsp3) is 0.625. The molecule has 1 atom stereocenters. The van der Waals surface area contributed by atoms with Crippen LogP contribution in [0, 0.1) is 30.6 Å². The predicted octanol–water partition coefficient (Wildman–Crippen LogP) is 5.27. The zero-order chi connectivity index (χ0) is 13.0. The zero-order valence-corrected chi connectivity index (χ0v) is 12.5. The SMILES string of the molecule is Cc1ccc(C)c(C(Cl)C2C(C)(C)C2(C)C)c1. The molecule has 1 aliphatic rings. The highest BCUT2D eigenvalue weighted by atomic mass is 35.5. The van der Waals surface area contributed by atoms with Crippen LogP contribution < -0.4 is 0 Å². The van der Waals surface area contributed by atoms with Crippen molar-refractivity contribution in [2.24, 2.45) is 16.7 Å². The van der Waals surface area contributed by atoms with Gasteiger partial charge in [-0.25, -0.2) is 0 Å². The van der Waals surface area contributed by atoms with E-state index < -0.39 is 0 Å². The molecule has 0 radical (unpaired) electrons. The van der Waals surface area contributed by atoms with Crippen molar-refractivity contribution in [2.45, 2.75) is 46.9 Å². The number of hydrogen-bond donors (Lipinski definition) is 0. The molecule has 0 heterocycles. The number of rotatable bonds is 2. The molecule has 1 fully saturated rings. The minimum Gasteiger partial charge on any atom is -0.117 e. The zero-order valence-electron chi connectivity index (χ0n) is 11.8. The smallest absolute Gasteiger partial charge is 0.0626 e. The normalized spacial score (nSPS) is 23.5. The third-order valence-corrected chi connectivity index (χ3v) is 5.64. The molecule has 1 aliphatic carbocycles. The van der Waals surface area contributed by atoms with Crippen molar-refractivity contribution in [1.29, 1.82) is 0 Å². The highest BCUT2D eigenvalue weighted by Crippen LogP contribution is 2.73. The van der Waals surface area contributed by atoms with E-state index >= 15 is 0 Å². The summed E-state index contributed by atoms with van der Waals surface area (Å²) in [6.07, 6.45) is 0. The molecule has 0 bridgehead atoms. The fourth-order valence-corrected chi connectivity index (χ4v) is 4.08. The molecule has 1 aromatic rings. The molecule has 1 unspecified atom stereocenters. The Hall–Kier alpha value is -0.490. The van der Waals surface area contributed by atoms with Gasteiger partial charge < -0.3 is 0 Å². The molecule has 94 valence electrons. The van der Waals surface area contributed by atoms with Gasteiger partial charge in [-0.1, -0.05) is 51.5 Å². The third-order valence-electron chi connectivity index (χ3n) is 5.16. The largest absolute Gasteiger partial charge is 0.117 e. The average Bonchev–Trinajstić information content (AvgIpc) is 2.61. The molecular weight excluding hydrogens is 228 g/mol. The Morgan fingerprint density at radius 3 is 2.06 bits per heavy atom. The molecule has 0 aliphatic heterocycles. The van der Waals surface area contributed by atoms with Crippen molar-refractivity contribution >= 4 is 11.6 Å². The van der Waals surface area contributed by atoms with Crippen LogP contribution in [0.15, 0.2) is 18.2 Å². The molecule has 17 heavy (non-hydrogen) atoms. The molecule has 0 aromatic heterocycles. The summed E-state index contributed by atoms with van der Waals surface area (Å²) < 4.78 is 0. The summed E-state index contributed by atoms with van der Waals surface area (Å²) in [5.74, 6) is 0.567. The van der Waals surface area contributed by atoms with Gasteiger partial charge in [0.05, 0.1) is 5.38 Å². The van der Waals surface area contributed by atoms with Crippen LogP contribution in [0.3, 0.4) is 0 Å². The molecule has 0 N–H and O–H groups in total. The number of alkyl halides is 1. The van der Waals surface area contributed by atoms with E-state index in [1.54, 1.807) is 0 Å². The Morgan fingerprint density at radius 1 is 1.06 bits per heavy atom. The van der Waals surface area contributed by atoms with Crippen LogP contribution in [-0.4, -0.2) is 0 Å². The molecule has 0 saturated heterocycles. The summed E-state index contributed by atoms with van der Waals surface area (Å²) in [6, 6.07) is 6.59. The molecule has 0 spiro atoms. The van der Waals surface area contributed by atoms with Crippen molar-refractivity contribution in [3.63, 3.8) is 0 Å². The van der Waals surface area contributed by atoms with E-state index in [-0.39, 0.29) is 5.38 Å². The number of aryl methyl sites for hydroxylation is 2. The number of halogens is 1. The van der Waals surface area contributed by atoms with Crippen molar-refractivity contribution in [1.82, 2.24) is 0 Å². The van der Waals surface area contributed by atoms with E-state index in [4.69, 9.17) is 11.6 Å². The van der Waals surface area contributed by atoms with Gasteiger partial charge in [-0.2, -0.15) is 0 Å². The second-order valence-corrected chi connectivity index (χ2v) is 7.15. The predicted molar refractivity (Wildman–Crippen MR) is 75.6 cm³/mol. The van der Waals surface area contributed by atoms with Gasteiger partial charge in [0.25, 0.3) is 0 Å². The molecule has 0 amide bonds. The average molecular weight is 251 g/mol. The highest BCUT2D eigenvalue weighted by Gasteiger charge is 2.67. The summed E-state index contributed by atoms with van der Waals surface area (Å²) in [6.45, 7) is 13.6. The van der Waals surface area contributed by atoms with Crippen molar-refractivity contribution < 1.29 is 0 Å². The van der Waals surface area contributed by atoms with Crippen molar-refractivity contribution in [2.75, 3.05) is 0 Å². The maximum atomic E-state index is 6.75. The maximum Gasteiger partial charge on any atom is 0.0626 e. The van der Waals surface area contributed by atoms with Gasteiger partial charge in [0.1, 0.15) is 0 Å². The van der Waals surface area contributed by atoms with Gasteiger partial charge in [-0.05, 0) is 41.7 Å². The Balaban J connectivity index is 2.34. The lowest BCUT2D eigenvalue weighted by atomic mass is 9.97. The Bertz CT molecular complexity index is 429. The van der Waals surface area contributed by atoms with Crippen molar-refractivity contribution in [3.8, 4) is 0 Å². The maximum absolute atomic E-state index is 6.75. The van der Waals surface area contributed by atoms with Gasteiger partial charge in [-0.3, -0.25) is 0 Å². The lowest BCUT2D eigenvalue weighted by Crippen LogP contribution is -2.02. The first-order chi connectivity index (χ1) is 7.69. The first-order valence-corrected chi connectivity index (χ1v) is 6.84. The standard InChI is InChI=1S/C16H23Cl/c1-10-7-8-11(2)12(9-10)13(17)14-15(3,4)16(14,5)6/h7-9,13-14H,1-6H3. The summed E-state index contributed by atoms with van der Waals surface area (Å²) in [5, 5.41) is 0.139. The summed E-state index contributed by atoms with van der Waals surface area (Å²) in [4.78, 5) is 0. The van der Waals surface area contributed by atoms with E-state index in [0.29, 0.717) is 16.7 Å². The lowest BCUT2D eigenvalue weighted by molar-refractivity contribution is 0.457. The third kappa shape index (κ3) is 1.81. The first-order valence-electron chi connectivity index (χ1n) is 6.41. The number of hydrogen-bond acceptors (Lipinski definition) is 0. The van der Waals surface area contributed by atoms with Gasteiger partial charge in [0.2, 0.25) is 0 Å². The van der Waals surface area contributed by atoms with Crippen LogP contribution in [0.5, 0.6) is 0 Å². The van der Waals surface area contributed by atoms with Gasteiger partial charge in [-0.15, -0.1) is 11.6 Å². The highest BCUT2D eigenvalue weighted by molar-refractivity contribution is 6.21. The van der Waals surface area contributed by atoms with Gasteiger partial charge in [0, 0.05) is 0 Å². The van der Waals surface area contributed by atoms with Crippen LogP contribution in [0.2, 0.25) is 0 Å². The van der Waals surface area contributed by atoms with Crippen molar-refractivity contribution in [3.05, 3.63) is 34.9 Å². The van der Waals surface area contributed by atoms with Crippen LogP contribution in [0.25, 0.3) is 0 Å². The molecule has 1 aromatic carbocycles. The van der Waals surface area contributed by atoms with E-state index in [9.17, 15) is 0 Å².